The highest BCUT2D eigenvalue weighted by Crippen LogP contribution is 2.38. The summed E-state index contributed by atoms with van der Waals surface area (Å²) in [6, 6.07) is 0. The Kier molecular flexibility index (Phi) is 5.98. The molecule has 2 saturated heterocycles. The summed E-state index contributed by atoms with van der Waals surface area (Å²) >= 11 is 1.76. The first-order valence-electron chi connectivity index (χ1n) is 12.4. The molecule has 0 atom stereocenters. The van der Waals surface area contributed by atoms with Gasteiger partial charge in [-0.1, -0.05) is 0 Å². The smallest absolute Gasteiger partial charge is 0.242 e. The summed E-state index contributed by atoms with van der Waals surface area (Å²) in [6.45, 7) is 9.01. The van der Waals surface area contributed by atoms with Gasteiger partial charge in [-0.2, -0.15) is 0 Å². The van der Waals surface area contributed by atoms with Gasteiger partial charge in [0.15, 0.2) is 11.6 Å². The summed E-state index contributed by atoms with van der Waals surface area (Å²) in [4.78, 5) is 38.7. The molecule has 1 aliphatic carbocycles. The Morgan fingerprint density at radius 1 is 1.08 bits per heavy atom. The molecule has 12 heteroatoms. The predicted molar refractivity (Wildman–Crippen MR) is 139 cm³/mol. The quantitative estimate of drug-likeness (QED) is 0.512. The maximum atomic E-state index is 12.6. The van der Waals surface area contributed by atoms with Crippen molar-refractivity contribution in [3.8, 4) is 11.4 Å². The number of amides is 1. The van der Waals surface area contributed by atoms with Crippen LogP contribution < -0.4 is 16.4 Å². The molecule has 1 saturated carbocycles. The number of carbonyl (C=O) groups excluding carboxylic acids is 1. The summed E-state index contributed by atoms with van der Waals surface area (Å²) in [6.07, 6.45) is 4.96. The molecule has 5 heterocycles. The Balaban J connectivity index is 1.28. The number of rotatable bonds is 5. The number of nitrogens with two attached hydrogens (primary N) is 2. The number of carbonyl (C=O) groups is 1. The van der Waals surface area contributed by atoms with Crippen LogP contribution in [-0.4, -0.2) is 93.7 Å². The largest absolute Gasteiger partial charge is 0.378 e. The van der Waals surface area contributed by atoms with Gasteiger partial charge in [0.25, 0.3) is 0 Å². The molecule has 36 heavy (non-hydrogen) atoms. The molecule has 2 aliphatic heterocycles. The lowest BCUT2D eigenvalue weighted by Crippen LogP contribution is -2.53. The van der Waals surface area contributed by atoms with Crippen molar-refractivity contribution in [2.24, 2.45) is 5.73 Å². The van der Waals surface area contributed by atoms with Gasteiger partial charge in [-0.25, -0.2) is 19.9 Å². The number of ether oxygens (including phenoxy) is 1. The van der Waals surface area contributed by atoms with Crippen molar-refractivity contribution in [3.63, 3.8) is 0 Å². The maximum Gasteiger partial charge on any atom is 0.242 e. The van der Waals surface area contributed by atoms with E-state index >= 15 is 0 Å². The second-order valence-electron chi connectivity index (χ2n) is 9.85. The van der Waals surface area contributed by atoms with Gasteiger partial charge in [-0.05, 0) is 25.3 Å². The number of aromatic nitrogens is 4. The fourth-order valence-electron chi connectivity index (χ4n) is 4.82. The van der Waals surface area contributed by atoms with Crippen molar-refractivity contribution in [2.45, 2.75) is 31.8 Å². The molecule has 0 spiro atoms. The second kappa shape index (κ2) is 9.18. The van der Waals surface area contributed by atoms with E-state index in [0.29, 0.717) is 19.0 Å². The lowest BCUT2D eigenvalue weighted by atomic mass is 10.2. The van der Waals surface area contributed by atoms with Gasteiger partial charge in [0, 0.05) is 63.1 Å². The normalized spacial score (nSPS) is 20.2. The summed E-state index contributed by atoms with van der Waals surface area (Å²) < 4.78 is 6.68. The van der Waals surface area contributed by atoms with E-state index < -0.39 is 5.54 Å². The molecule has 0 bridgehead atoms. The van der Waals surface area contributed by atoms with E-state index in [0.717, 1.165) is 80.3 Å². The Morgan fingerprint density at radius 3 is 2.44 bits per heavy atom. The van der Waals surface area contributed by atoms with E-state index in [4.69, 9.17) is 26.2 Å². The SMILES string of the molecule is Cc1c(CN2CCN(C(=O)C3(N)CC3)CC2)sc2c(N3CCOCC3)nc(-c3cnc(N)nc3)nc12. The maximum absolute atomic E-state index is 12.6. The first-order chi connectivity index (χ1) is 17.4. The predicted octanol–water partition coefficient (Wildman–Crippen LogP) is 1.01. The van der Waals surface area contributed by atoms with Crippen molar-refractivity contribution >= 4 is 39.2 Å². The summed E-state index contributed by atoms with van der Waals surface area (Å²) in [7, 11) is 0. The van der Waals surface area contributed by atoms with Gasteiger partial charge >= 0.3 is 0 Å². The average Bonchev–Trinajstić information content (AvgIpc) is 3.59. The summed E-state index contributed by atoms with van der Waals surface area (Å²) in [5.41, 5.74) is 14.1. The molecule has 1 amide bonds. The molecule has 4 N–H and O–H groups in total. The fraction of sp³-hybridized carbons (Fsp3) is 0.542. The third kappa shape index (κ3) is 4.38. The molecule has 11 nitrogen and oxygen atoms in total. The monoisotopic (exact) mass is 509 g/mol. The van der Waals surface area contributed by atoms with E-state index in [2.05, 4.69) is 26.7 Å². The van der Waals surface area contributed by atoms with E-state index in [9.17, 15) is 4.79 Å². The average molecular weight is 510 g/mol. The highest BCUT2D eigenvalue weighted by Gasteiger charge is 2.48. The highest BCUT2D eigenvalue weighted by atomic mass is 32.1. The number of piperazine rings is 1. The molecule has 3 fully saturated rings. The fourth-order valence-corrected chi connectivity index (χ4v) is 6.12. The van der Waals surface area contributed by atoms with Gasteiger partial charge < -0.3 is 26.0 Å². The molecule has 190 valence electrons. The zero-order valence-corrected chi connectivity index (χ0v) is 21.3. The van der Waals surface area contributed by atoms with Gasteiger partial charge in [-0.3, -0.25) is 9.69 Å². The van der Waals surface area contributed by atoms with E-state index in [1.807, 2.05) is 4.90 Å². The van der Waals surface area contributed by atoms with Gasteiger partial charge in [0.05, 0.1) is 34.5 Å². The molecular weight excluding hydrogens is 478 g/mol. The third-order valence-electron chi connectivity index (χ3n) is 7.33. The Morgan fingerprint density at radius 2 is 1.78 bits per heavy atom. The minimum absolute atomic E-state index is 0.116. The standard InChI is InChI=1S/C24H31N9O2S/c1-15-17(14-31-4-6-33(7-5-31)22(34)24(26)2-3-24)36-19-18(15)29-20(16-12-27-23(25)28-13-16)30-21(19)32-8-10-35-11-9-32/h12-13H,2-11,14,26H2,1H3,(H2,25,27,28). The van der Waals surface area contributed by atoms with E-state index in [1.165, 1.54) is 10.4 Å². The van der Waals surface area contributed by atoms with Crippen LogP contribution in [0.1, 0.15) is 23.3 Å². The van der Waals surface area contributed by atoms with Gasteiger partial charge in [0.2, 0.25) is 11.9 Å². The number of thiophene rings is 1. The van der Waals surface area contributed by atoms with Crippen LogP contribution in [0.25, 0.3) is 21.6 Å². The Bertz CT molecular complexity index is 1280. The van der Waals surface area contributed by atoms with Crippen LogP contribution in [0.2, 0.25) is 0 Å². The zero-order valence-electron chi connectivity index (χ0n) is 20.4. The number of nitrogens with zero attached hydrogens (tertiary/aromatic N) is 7. The van der Waals surface area contributed by atoms with Gasteiger partial charge in [-0.15, -0.1) is 11.3 Å². The zero-order chi connectivity index (χ0) is 24.9. The number of nitrogen functional groups attached to an aromatic ring is 1. The lowest BCUT2D eigenvalue weighted by Gasteiger charge is -2.35. The lowest BCUT2D eigenvalue weighted by molar-refractivity contribution is -0.135. The molecular formula is C24H31N9O2S. The highest BCUT2D eigenvalue weighted by molar-refractivity contribution is 7.19. The first-order valence-corrected chi connectivity index (χ1v) is 13.2. The van der Waals surface area contributed by atoms with Crippen LogP contribution in [0.15, 0.2) is 12.4 Å². The number of fused-ring (bicyclic) bond motifs is 1. The Labute approximate surface area is 213 Å². The first kappa shape index (κ1) is 23.5. The van der Waals surface area contributed by atoms with Crippen molar-refractivity contribution < 1.29 is 9.53 Å². The number of hydrogen-bond donors (Lipinski definition) is 2. The van der Waals surface area contributed by atoms with Crippen LogP contribution in [0, 0.1) is 6.92 Å². The third-order valence-corrected chi connectivity index (χ3v) is 8.59. The van der Waals surface area contributed by atoms with E-state index in [-0.39, 0.29) is 11.9 Å². The van der Waals surface area contributed by atoms with Crippen LogP contribution in [0.5, 0.6) is 0 Å². The number of morpholine rings is 1. The minimum Gasteiger partial charge on any atom is -0.378 e. The number of anilines is 2. The van der Waals surface area contributed by atoms with Gasteiger partial charge in [0.1, 0.15) is 0 Å². The van der Waals surface area contributed by atoms with Crippen LogP contribution in [-0.2, 0) is 16.1 Å². The van der Waals surface area contributed by atoms with Crippen LogP contribution >= 0.6 is 11.3 Å². The molecule has 3 aromatic rings. The Hall–Kier alpha value is -2.93. The van der Waals surface area contributed by atoms with Crippen LogP contribution in [0.3, 0.4) is 0 Å². The van der Waals surface area contributed by atoms with Crippen molar-refractivity contribution in [1.29, 1.82) is 0 Å². The summed E-state index contributed by atoms with van der Waals surface area (Å²) in [5.74, 6) is 1.87. The second-order valence-corrected chi connectivity index (χ2v) is 11.0. The number of aryl methyl sites for hydroxylation is 1. The molecule has 3 aliphatic rings. The van der Waals surface area contributed by atoms with Crippen molar-refractivity contribution in [1.82, 2.24) is 29.7 Å². The van der Waals surface area contributed by atoms with Crippen molar-refractivity contribution in [2.75, 3.05) is 63.1 Å². The summed E-state index contributed by atoms with van der Waals surface area (Å²) in [5, 5.41) is 0. The van der Waals surface area contributed by atoms with Crippen molar-refractivity contribution in [3.05, 3.63) is 22.8 Å². The molecule has 0 aromatic carbocycles. The molecule has 0 unspecified atom stereocenters. The molecule has 6 rings (SSSR count). The minimum atomic E-state index is -0.591. The topological polar surface area (TPSA) is 140 Å². The molecule has 3 aromatic heterocycles. The number of hydrogen-bond acceptors (Lipinski definition) is 11. The van der Waals surface area contributed by atoms with E-state index in [1.54, 1.807) is 23.7 Å². The van der Waals surface area contributed by atoms with Crippen LogP contribution in [0.4, 0.5) is 11.8 Å². The molecule has 0 radical (unpaired) electrons.